The molecular formula is C14H20N2O2S. The first kappa shape index (κ1) is 12.9. The number of hydrogen-bond donors (Lipinski definition) is 2. The molecule has 2 unspecified atom stereocenters. The second-order valence-corrected chi connectivity index (χ2v) is 6.59. The maximum absolute atomic E-state index is 11.8. The van der Waals surface area contributed by atoms with Gasteiger partial charge < -0.3 is 15.7 Å². The molecule has 3 rings (SSSR count). The van der Waals surface area contributed by atoms with Crippen molar-refractivity contribution in [2.45, 2.75) is 57.2 Å². The van der Waals surface area contributed by atoms with E-state index in [0.29, 0.717) is 29.1 Å². The van der Waals surface area contributed by atoms with Crippen LogP contribution in [-0.2, 0) is 0 Å². The molecule has 0 aliphatic carbocycles. The van der Waals surface area contributed by atoms with Crippen molar-refractivity contribution >= 4 is 27.8 Å². The molecule has 4 nitrogen and oxygen atoms in total. The second-order valence-electron chi connectivity index (χ2n) is 5.56. The largest absolute Gasteiger partial charge is 0.397 e. The molecule has 0 spiro atoms. The molecule has 1 aromatic heterocycles. The average Bonchev–Trinajstić information content (AvgIpc) is 2.87. The van der Waals surface area contributed by atoms with Crippen molar-refractivity contribution in [3.05, 3.63) is 10.9 Å². The molecule has 3 N–H and O–H groups in total. The Balaban J connectivity index is 1.89. The fourth-order valence-electron chi connectivity index (χ4n) is 3.41. The van der Waals surface area contributed by atoms with E-state index in [9.17, 15) is 9.90 Å². The van der Waals surface area contributed by atoms with Gasteiger partial charge in [0.2, 0.25) is 0 Å². The maximum Gasteiger partial charge on any atom is 0.174 e. The van der Waals surface area contributed by atoms with Crippen molar-refractivity contribution < 1.29 is 9.90 Å². The van der Waals surface area contributed by atoms with Crippen molar-refractivity contribution in [3.8, 4) is 0 Å². The topological polar surface area (TPSA) is 66.6 Å². The van der Waals surface area contributed by atoms with Crippen molar-refractivity contribution in [1.82, 2.24) is 0 Å². The zero-order chi connectivity index (χ0) is 13.6. The van der Waals surface area contributed by atoms with E-state index >= 15 is 0 Å². The van der Waals surface area contributed by atoms with Crippen LogP contribution in [0.2, 0.25) is 0 Å². The molecule has 0 amide bonds. The lowest BCUT2D eigenvalue weighted by molar-refractivity contribution is 0.0992. The SMILES string of the molecule is CCC(=O)c1sc(N2C3CCC2CC(O)C3)cc1N. The minimum Gasteiger partial charge on any atom is -0.397 e. The number of aliphatic hydroxyl groups excluding tert-OH is 1. The lowest BCUT2D eigenvalue weighted by Gasteiger charge is -2.37. The number of Topliss-reactive ketones (excluding diaryl/α,β-unsaturated/α-hetero) is 1. The summed E-state index contributed by atoms with van der Waals surface area (Å²) in [5.41, 5.74) is 6.59. The number of nitrogens with two attached hydrogens (primary N) is 1. The highest BCUT2D eigenvalue weighted by Gasteiger charge is 2.41. The van der Waals surface area contributed by atoms with Gasteiger partial charge in [-0.3, -0.25) is 4.79 Å². The van der Waals surface area contributed by atoms with Gasteiger partial charge in [-0.1, -0.05) is 6.92 Å². The molecular weight excluding hydrogens is 260 g/mol. The van der Waals surface area contributed by atoms with E-state index in [-0.39, 0.29) is 11.9 Å². The van der Waals surface area contributed by atoms with Gasteiger partial charge in [-0.25, -0.2) is 0 Å². The molecule has 19 heavy (non-hydrogen) atoms. The maximum atomic E-state index is 11.8. The highest BCUT2D eigenvalue weighted by atomic mass is 32.1. The Hall–Kier alpha value is -1.07. The summed E-state index contributed by atoms with van der Waals surface area (Å²) in [4.78, 5) is 14.9. The van der Waals surface area contributed by atoms with Crippen LogP contribution in [0.5, 0.6) is 0 Å². The second kappa shape index (κ2) is 4.80. The number of carbonyl (C=O) groups is 1. The predicted molar refractivity (Wildman–Crippen MR) is 77.9 cm³/mol. The van der Waals surface area contributed by atoms with Gasteiger partial charge in [0.25, 0.3) is 0 Å². The van der Waals surface area contributed by atoms with E-state index in [4.69, 9.17) is 5.73 Å². The van der Waals surface area contributed by atoms with E-state index in [1.54, 1.807) is 0 Å². The number of thiophene rings is 1. The quantitative estimate of drug-likeness (QED) is 0.834. The third kappa shape index (κ3) is 2.15. The van der Waals surface area contributed by atoms with E-state index in [1.165, 1.54) is 11.3 Å². The Morgan fingerprint density at radius 2 is 2.11 bits per heavy atom. The predicted octanol–water partition coefficient (Wildman–Crippen LogP) is 2.42. The highest BCUT2D eigenvalue weighted by Crippen LogP contribution is 2.43. The Kier molecular flexibility index (Phi) is 3.27. The number of carbonyl (C=O) groups excluding carboxylic acids is 1. The van der Waals surface area contributed by atoms with Crippen LogP contribution in [0, 0.1) is 0 Å². The molecule has 0 aromatic carbocycles. The lowest BCUT2D eigenvalue weighted by Crippen LogP contribution is -2.44. The van der Waals surface area contributed by atoms with Gasteiger partial charge in [0.1, 0.15) is 0 Å². The van der Waals surface area contributed by atoms with E-state index in [1.807, 2.05) is 13.0 Å². The number of nitrogens with zero attached hydrogens (tertiary/aromatic N) is 1. The minimum absolute atomic E-state index is 0.123. The Bertz CT molecular complexity index is 486. The molecule has 2 aliphatic heterocycles. The number of ketones is 1. The summed E-state index contributed by atoms with van der Waals surface area (Å²) in [5, 5.41) is 10.9. The van der Waals surface area contributed by atoms with Crippen molar-refractivity contribution in [2.75, 3.05) is 10.6 Å². The van der Waals surface area contributed by atoms with Gasteiger partial charge in [0.15, 0.2) is 5.78 Å². The number of fused-ring (bicyclic) bond motifs is 2. The monoisotopic (exact) mass is 280 g/mol. The smallest absolute Gasteiger partial charge is 0.174 e. The number of rotatable bonds is 3. The molecule has 0 saturated carbocycles. The zero-order valence-corrected chi connectivity index (χ0v) is 11.9. The average molecular weight is 280 g/mol. The summed E-state index contributed by atoms with van der Waals surface area (Å²) >= 11 is 1.52. The van der Waals surface area contributed by atoms with Gasteiger partial charge in [-0.15, -0.1) is 11.3 Å². The van der Waals surface area contributed by atoms with Crippen LogP contribution in [0.25, 0.3) is 0 Å². The van der Waals surface area contributed by atoms with E-state index < -0.39 is 0 Å². The number of aliphatic hydroxyl groups is 1. The molecule has 2 saturated heterocycles. The van der Waals surface area contributed by atoms with Gasteiger partial charge in [-0.05, 0) is 31.7 Å². The van der Waals surface area contributed by atoms with Gasteiger partial charge >= 0.3 is 0 Å². The molecule has 5 heteroatoms. The summed E-state index contributed by atoms with van der Waals surface area (Å²) < 4.78 is 0. The normalized spacial score (nSPS) is 29.8. The summed E-state index contributed by atoms with van der Waals surface area (Å²) in [6.07, 6.45) is 4.28. The standard InChI is InChI=1S/C14H20N2O2S/c1-2-12(18)14-11(15)7-13(19-14)16-8-3-4-9(16)6-10(17)5-8/h7-10,17H,2-6,15H2,1H3. The molecule has 2 bridgehead atoms. The first-order valence-electron chi connectivity index (χ1n) is 6.99. The summed E-state index contributed by atoms with van der Waals surface area (Å²) in [6, 6.07) is 2.77. The third-order valence-corrected chi connectivity index (χ3v) is 5.49. The van der Waals surface area contributed by atoms with Crippen molar-refractivity contribution in [1.29, 1.82) is 0 Å². The van der Waals surface area contributed by atoms with Gasteiger partial charge in [-0.2, -0.15) is 0 Å². The van der Waals surface area contributed by atoms with Crippen LogP contribution in [0.1, 0.15) is 48.7 Å². The molecule has 2 atom stereocenters. The fourth-order valence-corrected chi connectivity index (χ4v) is 4.64. The van der Waals surface area contributed by atoms with Crippen LogP contribution in [0.15, 0.2) is 6.07 Å². The van der Waals surface area contributed by atoms with Crippen LogP contribution in [0.3, 0.4) is 0 Å². The van der Waals surface area contributed by atoms with Crippen LogP contribution in [-0.4, -0.2) is 29.1 Å². The minimum atomic E-state index is -0.164. The first-order valence-corrected chi connectivity index (χ1v) is 7.80. The summed E-state index contributed by atoms with van der Waals surface area (Å²) in [5.74, 6) is 0.123. The Morgan fingerprint density at radius 3 is 2.68 bits per heavy atom. The molecule has 2 aliphatic rings. The molecule has 2 fully saturated rings. The molecule has 104 valence electrons. The van der Waals surface area contributed by atoms with E-state index in [0.717, 1.165) is 30.7 Å². The van der Waals surface area contributed by atoms with Crippen molar-refractivity contribution in [2.24, 2.45) is 0 Å². The number of anilines is 2. The first-order chi connectivity index (χ1) is 9.10. The highest BCUT2D eigenvalue weighted by molar-refractivity contribution is 7.18. The number of piperidine rings is 1. The summed E-state index contributed by atoms with van der Waals surface area (Å²) in [7, 11) is 0. The van der Waals surface area contributed by atoms with Crippen LogP contribution < -0.4 is 10.6 Å². The third-order valence-electron chi connectivity index (χ3n) is 4.28. The molecule has 3 heterocycles. The number of nitrogen functional groups attached to an aromatic ring is 1. The zero-order valence-electron chi connectivity index (χ0n) is 11.1. The van der Waals surface area contributed by atoms with Gasteiger partial charge in [0.05, 0.1) is 21.7 Å². The molecule has 0 radical (unpaired) electrons. The van der Waals surface area contributed by atoms with Crippen molar-refractivity contribution in [3.63, 3.8) is 0 Å². The lowest BCUT2D eigenvalue weighted by atomic mass is 10.0. The summed E-state index contributed by atoms with van der Waals surface area (Å²) in [6.45, 7) is 1.86. The van der Waals surface area contributed by atoms with E-state index in [2.05, 4.69) is 4.90 Å². The van der Waals surface area contributed by atoms with Gasteiger partial charge in [0, 0.05) is 18.5 Å². The Labute approximate surface area is 117 Å². The van der Waals surface area contributed by atoms with Crippen LogP contribution >= 0.6 is 11.3 Å². The molecule has 1 aromatic rings. The Morgan fingerprint density at radius 1 is 1.47 bits per heavy atom. The fraction of sp³-hybridized carbons (Fsp3) is 0.643. The van der Waals surface area contributed by atoms with Crippen LogP contribution in [0.4, 0.5) is 10.7 Å². The number of hydrogen-bond acceptors (Lipinski definition) is 5.